The molecular weight excluding hydrogens is 320 g/mol. The number of ether oxygens (including phenoxy) is 2. The maximum Gasteiger partial charge on any atom is 0.270 e. The Labute approximate surface area is 147 Å². The van der Waals surface area contributed by atoms with E-state index in [1.807, 2.05) is 12.1 Å². The molecule has 1 aliphatic rings. The molecule has 3 rings (SSSR count). The van der Waals surface area contributed by atoms with Gasteiger partial charge in [0.15, 0.2) is 6.79 Å². The Morgan fingerprint density at radius 3 is 2.72 bits per heavy atom. The molecule has 0 unspecified atom stereocenters. The molecule has 2 aromatic carbocycles. The summed E-state index contributed by atoms with van der Waals surface area (Å²) in [5, 5.41) is 11.3. The summed E-state index contributed by atoms with van der Waals surface area (Å²) in [4.78, 5) is 13.2. The minimum absolute atomic E-state index is 0.0661. The van der Waals surface area contributed by atoms with Gasteiger partial charge in [-0.1, -0.05) is 18.2 Å². The first-order valence-corrected chi connectivity index (χ1v) is 8.30. The predicted octanol–water partition coefficient (Wildman–Crippen LogP) is 4.18. The third-order valence-corrected chi connectivity index (χ3v) is 4.37. The van der Waals surface area contributed by atoms with Crippen LogP contribution in [0.5, 0.6) is 5.75 Å². The molecule has 0 fully saturated rings. The molecule has 0 radical (unpaired) electrons. The average Bonchev–Trinajstić information content (AvgIpc) is 2.59. The lowest BCUT2D eigenvalue weighted by Crippen LogP contribution is -2.31. The van der Waals surface area contributed by atoms with Crippen LogP contribution in [0.25, 0.3) is 0 Å². The highest BCUT2D eigenvalue weighted by atomic mass is 16.7. The van der Waals surface area contributed by atoms with Gasteiger partial charge in [-0.3, -0.25) is 10.1 Å². The Hall–Kier alpha value is -2.60. The molecule has 6 heteroatoms. The molecule has 0 saturated heterocycles. The molecule has 0 amide bonds. The highest BCUT2D eigenvalue weighted by molar-refractivity contribution is 5.57. The zero-order valence-electron chi connectivity index (χ0n) is 14.7. The molecule has 0 aliphatic carbocycles. The number of aryl methyl sites for hydroxylation is 1. The fraction of sp³-hybridized carbons (Fsp3) is 0.368. The van der Waals surface area contributed by atoms with Gasteiger partial charge in [0, 0.05) is 41.5 Å². The van der Waals surface area contributed by atoms with E-state index in [1.54, 1.807) is 6.07 Å². The molecule has 1 aliphatic heterocycles. The van der Waals surface area contributed by atoms with Crippen molar-refractivity contribution in [3.05, 3.63) is 63.2 Å². The average molecular weight is 342 g/mol. The number of nitro groups is 1. The molecule has 2 aromatic rings. The molecule has 1 heterocycles. The third-order valence-electron chi connectivity index (χ3n) is 4.37. The molecule has 0 aromatic heterocycles. The number of fused-ring (bicyclic) bond motifs is 1. The Kier molecular flexibility index (Phi) is 4.90. The molecular formula is C19H22N2O4. The van der Waals surface area contributed by atoms with Crippen LogP contribution in [0, 0.1) is 17.0 Å². The van der Waals surface area contributed by atoms with Crippen LogP contribution >= 0.6 is 0 Å². The normalized spacial score (nSPS) is 13.3. The highest BCUT2D eigenvalue weighted by Gasteiger charge is 2.23. The molecule has 6 nitrogen and oxygen atoms in total. The van der Waals surface area contributed by atoms with Gasteiger partial charge in [-0.05, 0) is 32.4 Å². The second-order valence-electron chi connectivity index (χ2n) is 6.47. The van der Waals surface area contributed by atoms with Gasteiger partial charge < -0.3 is 14.4 Å². The molecule has 25 heavy (non-hydrogen) atoms. The van der Waals surface area contributed by atoms with Crippen molar-refractivity contribution in [3.8, 4) is 5.75 Å². The largest absolute Gasteiger partial charge is 0.467 e. The molecule has 0 atom stereocenters. The first-order valence-electron chi connectivity index (χ1n) is 8.30. The van der Waals surface area contributed by atoms with Crippen molar-refractivity contribution in [2.45, 2.75) is 40.0 Å². The number of non-ortho nitro benzene ring substituents is 1. The van der Waals surface area contributed by atoms with E-state index < -0.39 is 0 Å². The van der Waals surface area contributed by atoms with Gasteiger partial charge in [0.25, 0.3) is 5.69 Å². The van der Waals surface area contributed by atoms with Crippen molar-refractivity contribution in [1.82, 2.24) is 0 Å². The molecule has 132 valence electrons. The van der Waals surface area contributed by atoms with Crippen molar-refractivity contribution in [1.29, 1.82) is 0 Å². The van der Waals surface area contributed by atoms with Crippen molar-refractivity contribution < 1.29 is 14.4 Å². The summed E-state index contributed by atoms with van der Waals surface area (Å²) >= 11 is 0. The monoisotopic (exact) mass is 342 g/mol. The summed E-state index contributed by atoms with van der Waals surface area (Å²) in [6.07, 6.45) is 0. The minimum Gasteiger partial charge on any atom is -0.467 e. The SMILES string of the molecule is Cc1ccccc1N(Cc1cc([N+](=O)[O-])cc2c1OCOC2)C(C)C. The molecule has 0 spiro atoms. The summed E-state index contributed by atoms with van der Waals surface area (Å²) in [6, 6.07) is 11.5. The van der Waals surface area contributed by atoms with Crippen LogP contribution in [0.4, 0.5) is 11.4 Å². The second kappa shape index (κ2) is 7.11. The fourth-order valence-electron chi connectivity index (χ4n) is 3.12. The Bertz CT molecular complexity index is 789. The van der Waals surface area contributed by atoms with Gasteiger partial charge in [-0.15, -0.1) is 0 Å². The zero-order valence-corrected chi connectivity index (χ0v) is 14.7. The number of rotatable bonds is 5. The van der Waals surface area contributed by atoms with E-state index in [-0.39, 0.29) is 23.4 Å². The van der Waals surface area contributed by atoms with E-state index in [9.17, 15) is 10.1 Å². The van der Waals surface area contributed by atoms with Crippen LogP contribution in [-0.2, 0) is 17.9 Å². The number of anilines is 1. The summed E-state index contributed by atoms with van der Waals surface area (Å²) in [5.41, 5.74) is 3.88. The van der Waals surface area contributed by atoms with Gasteiger partial charge in [0.2, 0.25) is 0 Å². The predicted molar refractivity (Wildman–Crippen MR) is 95.9 cm³/mol. The number of nitrogens with zero attached hydrogens (tertiary/aromatic N) is 2. The first kappa shape index (κ1) is 17.2. The number of benzene rings is 2. The van der Waals surface area contributed by atoms with Gasteiger partial charge in [0.1, 0.15) is 5.75 Å². The van der Waals surface area contributed by atoms with Crippen LogP contribution in [-0.4, -0.2) is 17.8 Å². The fourth-order valence-corrected chi connectivity index (χ4v) is 3.12. The lowest BCUT2D eigenvalue weighted by molar-refractivity contribution is -0.385. The maximum absolute atomic E-state index is 11.3. The van der Waals surface area contributed by atoms with Crippen molar-refractivity contribution >= 4 is 11.4 Å². The second-order valence-corrected chi connectivity index (χ2v) is 6.47. The summed E-state index contributed by atoms with van der Waals surface area (Å²) in [5.74, 6) is 0.705. The van der Waals surface area contributed by atoms with Crippen LogP contribution in [0.2, 0.25) is 0 Å². The van der Waals surface area contributed by atoms with Crippen LogP contribution in [0.3, 0.4) is 0 Å². The smallest absolute Gasteiger partial charge is 0.270 e. The van der Waals surface area contributed by atoms with Gasteiger partial charge in [-0.25, -0.2) is 0 Å². The van der Waals surface area contributed by atoms with Crippen molar-refractivity contribution in [2.24, 2.45) is 0 Å². The van der Waals surface area contributed by atoms with E-state index in [0.717, 1.165) is 16.8 Å². The van der Waals surface area contributed by atoms with Crippen molar-refractivity contribution in [3.63, 3.8) is 0 Å². The minimum atomic E-state index is -0.369. The lowest BCUT2D eigenvalue weighted by atomic mass is 10.0. The number of hydrogen-bond donors (Lipinski definition) is 0. The zero-order chi connectivity index (χ0) is 18.0. The number of nitro benzene ring substituents is 1. The first-order chi connectivity index (χ1) is 12.0. The van der Waals surface area contributed by atoms with E-state index in [4.69, 9.17) is 9.47 Å². The Morgan fingerprint density at radius 2 is 2.04 bits per heavy atom. The van der Waals surface area contributed by atoms with Gasteiger partial charge >= 0.3 is 0 Å². The maximum atomic E-state index is 11.3. The summed E-state index contributed by atoms with van der Waals surface area (Å²) in [7, 11) is 0. The number of para-hydroxylation sites is 1. The third kappa shape index (κ3) is 3.58. The van der Waals surface area contributed by atoms with Crippen LogP contribution < -0.4 is 9.64 Å². The quantitative estimate of drug-likeness (QED) is 0.602. The summed E-state index contributed by atoms with van der Waals surface area (Å²) < 4.78 is 10.9. The Morgan fingerprint density at radius 1 is 1.28 bits per heavy atom. The number of hydrogen-bond acceptors (Lipinski definition) is 5. The highest BCUT2D eigenvalue weighted by Crippen LogP contribution is 2.35. The van der Waals surface area contributed by atoms with Crippen LogP contribution in [0.1, 0.15) is 30.5 Å². The van der Waals surface area contributed by atoms with E-state index >= 15 is 0 Å². The molecule has 0 N–H and O–H groups in total. The van der Waals surface area contributed by atoms with Crippen molar-refractivity contribution in [2.75, 3.05) is 11.7 Å². The van der Waals surface area contributed by atoms with Crippen LogP contribution in [0.15, 0.2) is 36.4 Å². The lowest BCUT2D eigenvalue weighted by Gasteiger charge is -2.32. The molecule has 0 bridgehead atoms. The van der Waals surface area contributed by atoms with E-state index in [1.165, 1.54) is 11.6 Å². The standard InChI is InChI=1S/C19H22N2O4/c1-13(2)20(18-7-5-4-6-14(18)3)10-15-8-17(21(22)23)9-16-11-24-12-25-19(15)16/h4-9,13H,10-12H2,1-3H3. The molecule has 0 saturated carbocycles. The van der Waals surface area contributed by atoms with E-state index in [0.29, 0.717) is 18.9 Å². The van der Waals surface area contributed by atoms with Gasteiger partial charge in [0.05, 0.1) is 11.5 Å². The topological polar surface area (TPSA) is 64.8 Å². The summed E-state index contributed by atoms with van der Waals surface area (Å²) in [6.45, 7) is 7.32. The Balaban J connectivity index is 2.04. The van der Waals surface area contributed by atoms with E-state index in [2.05, 4.69) is 37.8 Å². The van der Waals surface area contributed by atoms with Gasteiger partial charge in [-0.2, -0.15) is 0 Å².